The van der Waals surface area contributed by atoms with E-state index in [2.05, 4.69) is 0 Å². The zero-order valence-corrected chi connectivity index (χ0v) is 10.5. The lowest BCUT2D eigenvalue weighted by atomic mass is 10.1. The van der Waals surface area contributed by atoms with Crippen molar-refractivity contribution in [2.75, 3.05) is 13.2 Å². The molecule has 0 amide bonds. The normalized spacial score (nSPS) is 16.7. The molecule has 0 unspecified atom stereocenters. The van der Waals surface area contributed by atoms with Crippen molar-refractivity contribution >= 4 is 15.4 Å². The SMILES string of the molecule is CCOCC1=CS(=O)(=O)c2cc(CN)ccc21. The molecule has 1 heterocycles. The molecular weight excluding hydrogens is 238 g/mol. The monoisotopic (exact) mass is 253 g/mol. The first-order chi connectivity index (χ1) is 8.08. The molecule has 1 aromatic rings. The van der Waals surface area contributed by atoms with E-state index in [0.717, 1.165) is 11.1 Å². The van der Waals surface area contributed by atoms with Gasteiger partial charge in [-0.3, -0.25) is 0 Å². The zero-order chi connectivity index (χ0) is 12.5. The Morgan fingerprint density at radius 3 is 2.76 bits per heavy atom. The van der Waals surface area contributed by atoms with E-state index in [1.807, 2.05) is 13.0 Å². The number of hydrogen-bond acceptors (Lipinski definition) is 4. The van der Waals surface area contributed by atoms with Crippen molar-refractivity contribution in [2.45, 2.75) is 18.4 Å². The smallest absolute Gasteiger partial charge is 0.200 e. The third-order valence-corrected chi connectivity index (χ3v) is 4.24. The second-order valence-electron chi connectivity index (χ2n) is 3.86. The summed E-state index contributed by atoms with van der Waals surface area (Å²) in [4.78, 5) is 0.343. The maximum Gasteiger partial charge on any atom is 0.200 e. The van der Waals surface area contributed by atoms with E-state index in [4.69, 9.17) is 10.5 Å². The summed E-state index contributed by atoms with van der Waals surface area (Å²) < 4.78 is 29.1. The van der Waals surface area contributed by atoms with Crippen molar-refractivity contribution in [1.29, 1.82) is 0 Å². The van der Waals surface area contributed by atoms with E-state index in [1.54, 1.807) is 12.1 Å². The molecule has 4 nitrogen and oxygen atoms in total. The first-order valence-corrected chi connectivity index (χ1v) is 7.00. The molecule has 17 heavy (non-hydrogen) atoms. The summed E-state index contributed by atoms with van der Waals surface area (Å²) in [5.74, 6) is 0. The fraction of sp³-hybridized carbons (Fsp3) is 0.333. The van der Waals surface area contributed by atoms with Crippen LogP contribution in [0, 0.1) is 0 Å². The third kappa shape index (κ3) is 2.26. The van der Waals surface area contributed by atoms with Crippen molar-refractivity contribution in [3.05, 3.63) is 34.7 Å². The van der Waals surface area contributed by atoms with Gasteiger partial charge in [0.2, 0.25) is 9.84 Å². The van der Waals surface area contributed by atoms with Crippen molar-refractivity contribution in [3.8, 4) is 0 Å². The van der Waals surface area contributed by atoms with Gasteiger partial charge in [0.1, 0.15) is 0 Å². The van der Waals surface area contributed by atoms with Crippen molar-refractivity contribution in [1.82, 2.24) is 0 Å². The minimum absolute atomic E-state index is 0.324. The highest BCUT2D eigenvalue weighted by molar-refractivity contribution is 7.95. The van der Waals surface area contributed by atoms with E-state index in [1.165, 1.54) is 5.41 Å². The van der Waals surface area contributed by atoms with Gasteiger partial charge in [0, 0.05) is 18.6 Å². The Balaban J connectivity index is 2.45. The van der Waals surface area contributed by atoms with Crippen LogP contribution < -0.4 is 5.73 Å². The molecule has 92 valence electrons. The predicted octanol–water partition coefficient (Wildman–Crippen LogP) is 1.31. The summed E-state index contributed by atoms with van der Waals surface area (Å²) in [6.45, 7) is 3.10. The molecule has 2 rings (SSSR count). The number of ether oxygens (including phenoxy) is 1. The van der Waals surface area contributed by atoms with Crippen LogP contribution in [0.15, 0.2) is 28.5 Å². The van der Waals surface area contributed by atoms with Gasteiger partial charge in [-0.25, -0.2) is 8.42 Å². The number of fused-ring (bicyclic) bond motifs is 1. The lowest BCUT2D eigenvalue weighted by molar-refractivity contribution is 0.182. The highest BCUT2D eigenvalue weighted by Crippen LogP contribution is 2.34. The molecule has 0 saturated heterocycles. The largest absolute Gasteiger partial charge is 0.377 e. The van der Waals surface area contributed by atoms with E-state index in [-0.39, 0.29) is 0 Å². The van der Waals surface area contributed by atoms with Crippen LogP contribution in [0.5, 0.6) is 0 Å². The summed E-state index contributed by atoms with van der Waals surface area (Å²) >= 11 is 0. The Kier molecular flexibility index (Phi) is 3.33. The fourth-order valence-corrected chi connectivity index (χ4v) is 3.35. The molecule has 0 spiro atoms. The minimum Gasteiger partial charge on any atom is -0.377 e. The second-order valence-corrected chi connectivity index (χ2v) is 5.63. The lowest BCUT2D eigenvalue weighted by Gasteiger charge is -2.06. The second kappa shape index (κ2) is 4.60. The molecule has 0 bridgehead atoms. The van der Waals surface area contributed by atoms with E-state index in [9.17, 15) is 8.42 Å². The quantitative estimate of drug-likeness (QED) is 0.878. The predicted molar refractivity (Wildman–Crippen MR) is 66.0 cm³/mol. The molecule has 1 aromatic carbocycles. The average molecular weight is 253 g/mol. The van der Waals surface area contributed by atoms with Crippen molar-refractivity contribution in [3.63, 3.8) is 0 Å². The van der Waals surface area contributed by atoms with Crippen LogP contribution in [0.1, 0.15) is 18.1 Å². The summed E-state index contributed by atoms with van der Waals surface area (Å²) in [5.41, 5.74) is 7.77. The highest BCUT2D eigenvalue weighted by Gasteiger charge is 2.26. The molecular formula is C12H15NO3S. The van der Waals surface area contributed by atoms with Gasteiger partial charge in [-0.05, 0) is 29.7 Å². The number of hydrogen-bond donors (Lipinski definition) is 1. The molecule has 2 N–H and O–H groups in total. The fourth-order valence-electron chi connectivity index (χ4n) is 1.83. The Hall–Kier alpha value is -1.17. The molecule has 0 fully saturated rings. The first-order valence-electron chi connectivity index (χ1n) is 5.45. The van der Waals surface area contributed by atoms with Crippen LogP contribution >= 0.6 is 0 Å². The van der Waals surface area contributed by atoms with Gasteiger partial charge in [0.05, 0.1) is 11.5 Å². The maximum absolute atomic E-state index is 11.9. The molecule has 1 aliphatic heterocycles. The third-order valence-electron chi connectivity index (χ3n) is 2.69. The van der Waals surface area contributed by atoms with Crippen LogP contribution in [0.3, 0.4) is 0 Å². The van der Waals surface area contributed by atoms with Gasteiger partial charge in [0.15, 0.2) is 0 Å². The van der Waals surface area contributed by atoms with Gasteiger partial charge in [-0.15, -0.1) is 0 Å². The van der Waals surface area contributed by atoms with Crippen molar-refractivity contribution < 1.29 is 13.2 Å². The van der Waals surface area contributed by atoms with Crippen LogP contribution in [0.2, 0.25) is 0 Å². The first kappa shape index (κ1) is 12.3. The molecule has 5 heteroatoms. The zero-order valence-electron chi connectivity index (χ0n) is 9.64. The van der Waals surface area contributed by atoms with Crippen LogP contribution in [-0.4, -0.2) is 21.6 Å². The lowest BCUT2D eigenvalue weighted by Crippen LogP contribution is -2.00. The van der Waals surface area contributed by atoms with Crippen LogP contribution in [-0.2, 0) is 21.1 Å². The molecule has 0 atom stereocenters. The standard InChI is InChI=1S/C12H15NO3S/c1-2-16-7-10-8-17(14,15)12-5-9(6-13)3-4-11(10)12/h3-5,8H,2,6-7,13H2,1H3. The topological polar surface area (TPSA) is 69.4 Å². The number of benzene rings is 1. The number of rotatable bonds is 4. The van der Waals surface area contributed by atoms with Gasteiger partial charge < -0.3 is 10.5 Å². The summed E-state index contributed by atoms with van der Waals surface area (Å²) in [6.07, 6.45) is 0. The molecule has 0 aliphatic carbocycles. The number of nitrogens with two attached hydrogens (primary N) is 1. The molecule has 0 saturated carbocycles. The van der Waals surface area contributed by atoms with Gasteiger partial charge in [-0.1, -0.05) is 12.1 Å². The van der Waals surface area contributed by atoms with Crippen LogP contribution in [0.4, 0.5) is 0 Å². The van der Waals surface area contributed by atoms with Gasteiger partial charge in [-0.2, -0.15) is 0 Å². The van der Waals surface area contributed by atoms with E-state index >= 15 is 0 Å². The van der Waals surface area contributed by atoms with Gasteiger partial charge in [0.25, 0.3) is 0 Å². The van der Waals surface area contributed by atoms with Gasteiger partial charge >= 0.3 is 0 Å². The van der Waals surface area contributed by atoms with Crippen LogP contribution in [0.25, 0.3) is 5.57 Å². The van der Waals surface area contributed by atoms with E-state index in [0.29, 0.717) is 30.2 Å². The Morgan fingerprint density at radius 2 is 2.12 bits per heavy atom. The Morgan fingerprint density at radius 1 is 1.35 bits per heavy atom. The molecule has 1 aliphatic rings. The summed E-state index contributed by atoms with van der Waals surface area (Å²) in [6, 6.07) is 5.28. The highest BCUT2D eigenvalue weighted by atomic mass is 32.2. The summed E-state index contributed by atoms with van der Waals surface area (Å²) in [5, 5.41) is 1.29. The average Bonchev–Trinajstić information content (AvgIpc) is 2.58. The summed E-state index contributed by atoms with van der Waals surface area (Å²) in [7, 11) is -3.32. The molecule has 0 radical (unpaired) electrons. The Labute approximate surface area is 101 Å². The van der Waals surface area contributed by atoms with Crippen molar-refractivity contribution in [2.24, 2.45) is 5.73 Å². The maximum atomic E-state index is 11.9. The molecule has 0 aromatic heterocycles. The Bertz CT molecular complexity index is 561. The minimum atomic E-state index is -3.32. The van der Waals surface area contributed by atoms with E-state index < -0.39 is 9.84 Å². The number of sulfone groups is 1.